The highest BCUT2D eigenvalue weighted by Crippen LogP contribution is 2.14. The molecule has 2 N–H and O–H groups in total. The predicted molar refractivity (Wildman–Crippen MR) is 88.1 cm³/mol. The lowest BCUT2D eigenvalue weighted by Crippen LogP contribution is -2.22. The minimum Gasteiger partial charge on any atom is -0.327 e. The first-order chi connectivity index (χ1) is 8.74. The molecule has 0 fully saturated rings. The molecule has 2 aromatic rings. The van der Waals surface area contributed by atoms with Crippen LogP contribution in [-0.4, -0.2) is 6.04 Å². The van der Waals surface area contributed by atoms with Crippen molar-refractivity contribution in [1.29, 1.82) is 0 Å². The summed E-state index contributed by atoms with van der Waals surface area (Å²) in [6, 6.07) is 13.3. The van der Waals surface area contributed by atoms with Gasteiger partial charge in [0.2, 0.25) is 0 Å². The summed E-state index contributed by atoms with van der Waals surface area (Å²) in [6.45, 7) is 0. The predicted octanol–water partition coefficient (Wildman–Crippen LogP) is 4.25. The van der Waals surface area contributed by atoms with Crippen LogP contribution in [0.5, 0.6) is 0 Å². The average Bonchev–Trinajstić information content (AvgIpc) is 2.85. The second-order valence-electron chi connectivity index (χ2n) is 4.56. The van der Waals surface area contributed by atoms with Gasteiger partial charge in [0.05, 0.1) is 0 Å². The fraction of sp³-hybridized carbons (Fsp3) is 0.333. The van der Waals surface area contributed by atoms with Crippen molar-refractivity contribution in [2.75, 3.05) is 0 Å². The van der Waals surface area contributed by atoms with Crippen LogP contribution in [0, 0.1) is 3.57 Å². The van der Waals surface area contributed by atoms with Gasteiger partial charge in [-0.1, -0.05) is 18.2 Å². The Bertz CT molecular complexity index is 450. The molecule has 0 saturated carbocycles. The molecule has 1 aromatic heterocycles. The monoisotopic (exact) mass is 371 g/mol. The van der Waals surface area contributed by atoms with E-state index in [-0.39, 0.29) is 6.04 Å². The first-order valence-corrected chi connectivity index (χ1v) is 8.22. The normalized spacial score (nSPS) is 12.6. The number of aryl methyl sites for hydroxylation is 1. The second-order valence-corrected chi connectivity index (χ2v) is 6.84. The molecule has 0 spiro atoms. The van der Waals surface area contributed by atoms with E-state index in [0.717, 1.165) is 19.3 Å². The summed E-state index contributed by atoms with van der Waals surface area (Å²) < 4.78 is 1.28. The summed E-state index contributed by atoms with van der Waals surface area (Å²) in [5, 5.41) is 2.14. The van der Waals surface area contributed by atoms with Crippen LogP contribution in [0.4, 0.5) is 0 Å². The van der Waals surface area contributed by atoms with E-state index in [1.165, 1.54) is 20.4 Å². The Balaban J connectivity index is 1.71. The van der Waals surface area contributed by atoms with Crippen LogP contribution in [0.2, 0.25) is 0 Å². The van der Waals surface area contributed by atoms with Crippen LogP contribution in [0.1, 0.15) is 23.3 Å². The van der Waals surface area contributed by atoms with Crippen molar-refractivity contribution in [3.8, 4) is 0 Å². The van der Waals surface area contributed by atoms with Crippen LogP contribution in [0.25, 0.3) is 0 Å². The van der Waals surface area contributed by atoms with E-state index in [2.05, 4.69) is 64.4 Å². The van der Waals surface area contributed by atoms with E-state index in [9.17, 15) is 0 Å². The van der Waals surface area contributed by atoms with Gasteiger partial charge in [0.15, 0.2) is 0 Å². The zero-order valence-corrected chi connectivity index (χ0v) is 13.3. The summed E-state index contributed by atoms with van der Waals surface area (Å²) >= 11 is 4.17. The Morgan fingerprint density at radius 2 is 1.94 bits per heavy atom. The van der Waals surface area contributed by atoms with Crippen LogP contribution in [0.15, 0.2) is 41.8 Å². The summed E-state index contributed by atoms with van der Waals surface area (Å²) in [5.41, 5.74) is 7.53. The van der Waals surface area contributed by atoms with E-state index in [1.807, 2.05) is 11.3 Å². The number of rotatable bonds is 6. The number of halogens is 1. The van der Waals surface area contributed by atoms with Crippen molar-refractivity contribution in [2.45, 2.75) is 31.7 Å². The van der Waals surface area contributed by atoms with Gasteiger partial charge in [-0.3, -0.25) is 0 Å². The van der Waals surface area contributed by atoms with Gasteiger partial charge in [0.25, 0.3) is 0 Å². The summed E-state index contributed by atoms with van der Waals surface area (Å²) in [6.07, 6.45) is 4.44. The molecule has 1 heterocycles. The Hall–Kier alpha value is -0.390. The van der Waals surface area contributed by atoms with Crippen LogP contribution < -0.4 is 5.73 Å². The molecule has 2 rings (SSSR count). The van der Waals surface area contributed by atoms with E-state index >= 15 is 0 Å². The van der Waals surface area contributed by atoms with Crippen molar-refractivity contribution in [2.24, 2.45) is 5.73 Å². The van der Waals surface area contributed by atoms with Gasteiger partial charge in [-0.2, -0.15) is 0 Å². The number of hydrogen-bond donors (Lipinski definition) is 1. The van der Waals surface area contributed by atoms with Gasteiger partial charge >= 0.3 is 0 Å². The molecule has 0 bridgehead atoms. The van der Waals surface area contributed by atoms with Gasteiger partial charge in [0, 0.05) is 14.5 Å². The molecule has 1 unspecified atom stereocenters. The maximum Gasteiger partial charge on any atom is 0.0130 e. The highest BCUT2D eigenvalue weighted by Gasteiger charge is 2.04. The van der Waals surface area contributed by atoms with Gasteiger partial charge < -0.3 is 5.73 Å². The van der Waals surface area contributed by atoms with Crippen molar-refractivity contribution in [3.63, 3.8) is 0 Å². The Labute approximate surface area is 127 Å². The fourth-order valence-corrected chi connectivity index (χ4v) is 3.13. The largest absolute Gasteiger partial charge is 0.327 e. The first-order valence-electron chi connectivity index (χ1n) is 6.26. The van der Waals surface area contributed by atoms with Gasteiger partial charge in [-0.25, -0.2) is 0 Å². The molecule has 0 radical (unpaired) electrons. The van der Waals surface area contributed by atoms with Crippen LogP contribution in [-0.2, 0) is 12.8 Å². The van der Waals surface area contributed by atoms with Gasteiger partial charge in [-0.05, 0) is 77.4 Å². The molecule has 0 aliphatic heterocycles. The van der Waals surface area contributed by atoms with Gasteiger partial charge in [-0.15, -0.1) is 11.3 Å². The van der Waals surface area contributed by atoms with E-state index < -0.39 is 0 Å². The van der Waals surface area contributed by atoms with E-state index in [0.29, 0.717) is 0 Å². The standard InChI is InChI=1S/C15H18INS/c16-13-8-6-12(7-9-13)11-14(17)3-1-4-15-5-2-10-18-15/h2,5-10,14H,1,3-4,11,17H2. The molecule has 0 aliphatic carbocycles. The Morgan fingerprint density at radius 1 is 1.17 bits per heavy atom. The summed E-state index contributed by atoms with van der Waals surface area (Å²) in [5.74, 6) is 0. The molecule has 1 atom stereocenters. The maximum absolute atomic E-state index is 6.18. The lowest BCUT2D eigenvalue weighted by molar-refractivity contribution is 0.582. The molecule has 0 amide bonds. The molecule has 96 valence electrons. The summed E-state index contributed by atoms with van der Waals surface area (Å²) in [7, 11) is 0. The number of hydrogen-bond acceptors (Lipinski definition) is 2. The minimum absolute atomic E-state index is 0.282. The molecule has 0 aliphatic rings. The van der Waals surface area contributed by atoms with Crippen molar-refractivity contribution >= 4 is 33.9 Å². The quantitative estimate of drug-likeness (QED) is 0.755. The Morgan fingerprint density at radius 3 is 2.61 bits per heavy atom. The second kappa shape index (κ2) is 7.26. The van der Waals surface area contributed by atoms with Crippen LogP contribution in [0.3, 0.4) is 0 Å². The Kier molecular flexibility index (Phi) is 5.66. The van der Waals surface area contributed by atoms with E-state index in [4.69, 9.17) is 5.73 Å². The number of benzene rings is 1. The molecule has 1 nitrogen and oxygen atoms in total. The molecule has 1 aromatic carbocycles. The van der Waals surface area contributed by atoms with Crippen molar-refractivity contribution in [1.82, 2.24) is 0 Å². The zero-order chi connectivity index (χ0) is 12.8. The van der Waals surface area contributed by atoms with Crippen molar-refractivity contribution in [3.05, 3.63) is 55.8 Å². The highest BCUT2D eigenvalue weighted by atomic mass is 127. The lowest BCUT2D eigenvalue weighted by atomic mass is 10.0. The molecular weight excluding hydrogens is 353 g/mol. The average molecular weight is 371 g/mol. The summed E-state index contributed by atoms with van der Waals surface area (Å²) in [4.78, 5) is 1.47. The zero-order valence-electron chi connectivity index (χ0n) is 10.3. The third-order valence-corrected chi connectivity index (χ3v) is 4.64. The van der Waals surface area contributed by atoms with Gasteiger partial charge in [0.1, 0.15) is 0 Å². The highest BCUT2D eigenvalue weighted by molar-refractivity contribution is 14.1. The first kappa shape index (κ1) is 14.0. The molecular formula is C15H18INS. The minimum atomic E-state index is 0.282. The lowest BCUT2D eigenvalue weighted by Gasteiger charge is -2.11. The smallest absolute Gasteiger partial charge is 0.0130 e. The third kappa shape index (κ3) is 4.71. The SMILES string of the molecule is NC(CCCc1cccs1)Cc1ccc(I)cc1. The number of thiophene rings is 1. The topological polar surface area (TPSA) is 26.0 Å². The number of nitrogens with two attached hydrogens (primary N) is 1. The van der Waals surface area contributed by atoms with E-state index in [1.54, 1.807) is 0 Å². The fourth-order valence-electron chi connectivity index (χ4n) is 2.02. The third-order valence-electron chi connectivity index (χ3n) is 2.99. The molecule has 0 saturated heterocycles. The maximum atomic E-state index is 6.18. The molecule has 3 heteroatoms. The molecule has 18 heavy (non-hydrogen) atoms. The van der Waals surface area contributed by atoms with Crippen LogP contribution >= 0.6 is 33.9 Å². The van der Waals surface area contributed by atoms with Crippen molar-refractivity contribution < 1.29 is 0 Å².